The highest BCUT2D eigenvalue weighted by molar-refractivity contribution is 5.85. The fourth-order valence-electron chi connectivity index (χ4n) is 3.93. The van der Waals surface area contributed by atoms with Crippen molar-refractivity contribution in [1.82, 2.24) is 0 Å². The van der Waals surface area contributed by atoms with E-state index < -0.39 is 11.3 Å². The van der Waals surface area contributed by atoms with Crippen LogP contribution in [-0.4, -0.2) is 19.0 Å². The number of benzene rings is 4. The summed E-state index contributed by atoms with van der Waals surface area (Å²) >= 11 is 0. The molecule has 1 heterocycles. The minimum atomic E-state index is -0.663. The van der Waals surface area contributed by atoms with Crippen molar-refractivity contribution in [2.24, 2.45) is 5.73 Å². The molecule has 0 aromatic heterocycles. The van der Waals surface area contributed by atoms with Gasteiger partial charge < -0.3 is 24.7 Å². The van der Waals surface area contributed by atoms with Gasteiger partial charge in [-0.2, -0.15) is 0 Å². The molecule has 5 nitrogen and oxygen atoms in total. The van der Waals surface area contributed by atoms with E-state index in [1.807, 2.05) is 92.7 Å². The van der Waals surface area contributed by atoms with Crippen LogP contribution in [0.2, 0.25) is 0 Å². The van der Waals surface area contributed by atoms with Crippen LogP contribution in [0, 0.1) is 0 Å². The first kappa shape index (κ1) is 22.4. The molecule has 1 saturated heterocycles. The summed E-state index contributed by atoms with van der Waals surface area (Å²) in [6.45, 7) is 5.17. The van der Waals surface area contributed by atoms with Crippen LogP contribution in [0.3, 0.4) is 0 Å². The van der Waals surface area contributed by atoms with Crippen molar-refractivity contribution < 1.29 is 18.9 Å². The van der Waals surface area contributed by atoms with Crippen molar-refractivity contribution >= 4 is 10.8 Å². The Bertz CT molecular complexity index is 1260. The van der Waals surface area contributed by atoms with Gasteiger partial charge in [0.2, 0.25) is 0 Å². The summed E-state index contributed by atoms with van der Waals surface area (Å²) in [5.41, 5.74) is 8.07. The third-order valence-corrected chi connectivity index (χ3v) is 6.05. The quantitative estimate of drug-likeness (QED) is 0.378. The average Bonchev–Trinajstić information content (AvgIpc) is 2.86. The van der Waals surface area contributed by atoms with Crippen LogP contribution in [0.5, 0.6) is 17.2 Å². The smallest absolute Gasteiger partial charge is 0.162 e. The lowest BCUT2D eigenvalue weighted by Gasteiger charge is -2.41. The highest BCUT2D eigenvalue weighted by Crippen LogP contribution is 2.33. The van der Waals surface area contributed by atoms with Gasteiger partial charge in [-0.3, -0.25) is 0 Å². The van der Waals surface area contributed by atoms with Crippen LogP contribution in [0.25, 0.3) is 10.8 Å². The van der Waals surface area contributed by atoms with Gasteiger partial charge in [-0.05, 0) is 78.2 Å². The lowest BCUT2D eigenvalue weighted by Crippen LogP contribution is -2.54. The van der Waals surface area contributed by atoms with Gasteiger partial charge in [-0.15, -0.1) is 0 Å². The molecule has 1 aliphatic rings. The maximum absolute atomic E-state index is 6.61. The minimum Gasteiger partial charge on any atom is -0.489 e. The van der Waals surface area contributed by atoms with Crippen molar-refractivity contribution in [2.45, 2.75) is 31.8 Å². The number of ether oxygens (including phenoxy) is 4. The number of fused-ring (bicyclic) bond motifs is 1. The summed E-state index contributed by atoms with van der Waals surface area (Å²) < 4.78 is 23.5. The van der Waals surface area contributed by atoms with Crippen molar-refractivity contribution in [3.8, 4) is 17.2 Å². The summed E-state index contributed by atoms with van der Waals surface area (Å²) in [6, 6.07) is 30.0. The number of hydrogen-bond donors (Lipinski definition) is 1. The van der Waals surface area contributed by atoms with E-state index in [9.17, 15) is 0 Å². The van der Waals surface area contributed by atoms with Gasteiger partial charge >= 0.3 is 0 Å². The van der Waals surface area contributed by atoms with Gasteiger partial charge in [-0.25, -0.2) is 0 Å². The summed E-state index contributed by atoms with van der Waals surface area (Å²) in [5, 5.41) is 2.16. The average molecular weight is 456 g/mol. The maximum Gasteiger partial charge on any atom is 0.162 e. The standard InChI is InChI=1S/C29H29NO4/c1-28(2)32-19-29(30,20-33-28)24-10-8-23-17-27(11-9-22(23)16-24)34-26-14-12-25(13-15-26)31-18-21-6-4-3-5-7-21/h3-17H,18-20,30H2,1-2H3. The van der Waals surface area contributed by atoms with E-state index in [4.69, 9.17) is 24.7 Å². The van der Waals surface area contributed by atoms with E-state index in [0.29, 0.717) is 19.8 Å². The second-order valence-corrected chi connectivity index (χ2v) is 9.20. The zero-order valence-corrected chi connectivity index (χ0v) is 19.5. The van der Waals surface area contributed by atoms with Crippen molar-refractivity contribution in [3.63, 3.8) is 0 Å². The second kappa shape index (κ2) is 9.11. The predicted molar refractivity (Wildman–Crippen MR) is 133 cm³/mol. The molecule has 0 bridgehead atoms. The Hall–Kier alpha value is -3.38. The largest absolute Gasteiger partial charge is 0.489 e. The van der Waals surface area contributed by atoms with Gasteiger partial charge in [0.1, 0.15) is 23.9 Å². The Labute approximate surface area is 200 Å². The highest BCUT2D eigenvalue weighted by Gasteiger charge is 2.38. The first-order valence-electron chi connectivity index (χ1n) is 11.4. The molecule has 5 heteroatoms. The summed E-state index contributed by atoms with van der Waals surface area (Å²) in [4.78, 5) is 0. The monoisotopic (exact) mass is 455 g/mol. The normalized spacial score (nSPS) is 16.8. The first-order chi connectivity index (χ1) is 16.4. The lowest BCUT2D eigenvalue weighted by atomic mass is 9.90. The number of hydrogen-bond acceptors (Lipinski definition) is 5. The van der Waals surface area contributed by atoms with E-state index in [0.717, 1.165) is 39.1 Å². The Kier molecular flexibility index (Phi) is 6.00. The van der Waals surface area contributed by atoms with Gasteiger partial charge in [0.15, 0.2) is 5.79 Å². The molecule has 4 aromatic carbocycles. The van der Waals surface area contributed by atoms with Gasteiger partial charge in [0, 0.05) is 0 Å². The van der Waals surface area contributed by atoms with Gasteiger partial charge in [0.05, 0.1) is 18.8 Å². The van der Waals surface area contributed by atoms with Gasteiger partial charge in [-0.1, -0.05) is 48.5 Å². The Morgan fingerprint density at radius 3 is 2.09 bits per heavy atom. The Morgan fingerprint density at radius 1 is 0.735 bits per heavy atom. The molecule has 2 N–H and O–H groups in total. The van der Waals surface area contributed by atoms with E-state index >= 15 is 0 Å². The SMILES string of the molecule is CC1(C)OCC(N)(c2ccc3cc(Oc4ccc(OCc5ccccc5)cc4)ccc3c2)CO1. The van der Waals surface area contributed by atoms with Crippen LogP contribution in [-0.2, 0) is 21.6 Å². The molecule has 174 valence electrons. The fraction of sp³-hybridized carbons (Fsp3) is 0.241. The van der Waals surface area contributed by atoms with E-state index in [1.165, 1.54) is 0 Å². The molecule has 34 heavy (non-hydrogen) atoms. The first-order valence-corrected chi connectivity index (χ1v) is 11.4. The zero-order valence-electron chi connectivity index (χ0n) is 19.5. The molecule has 0 amide bonds. The molecule has 4 aromatic rings. The molecule has 0 spiro atoms. The van der Waals surface area contributed by atoms with Crippen LogP contribution in [0.4, 0.5) is 0 Å². The molecule has 0 atom stereocenters. The molecular weight excluding hydrogens is 426 g/mol. The minimum absolute atomic E-state index is 0.414. The van der Waals surface area contributed by atoms with E-state index in [-0.39, 0.29) is 0 Å². The third-order valence-electron chi connectivity index (χ3n) is 6.05. The Morgan fingerprint density at radius 2 is 1.35 bits per heavy atom. The molecular formula is C29H29NO4. The molecule has 0 saturated carbocycles. The lowest BCUT2D eigenvalue weighted by molar-refractivity contribution is -0.268. The van der Waals surface area contributed by atoms with Crippen molar-refractivity contribution in [1.29, 1.82) is 0 Å². The second-order valence-electron chi connectivity index (χ2n) is 9.20. The van der Waals surface area contributed by atoms with Crippen LogP contribution < -0.4 is 15.2 Å². The topological polar surface area (TPSA) is 62.9 Å². The van der Waals surface area contributed by atoms with Crippen molar-refractivity contribution in [3.05, 3.63) is 102 Å². The van der Waals surface area contributed by atoms with Crippen LogP contribution >= 0.6 is 0 Å². The fourth-order valence-corrected chi connectivity index (χ4v) is 3.93. The summed E-state index contributed by atoms with van der Waals surface area (Å²) in [7, 11) is 0. The molecule has 0 radical (unpaired) electrons. The predicted octanol–water partition coefficient (Wildman–Crippen LogP) is 6.15. The van der Waals surface area contributed by atoms with Crippen LogP contribution in [0.15, 0.2) is 91.0 Å². The summed E-state index contributed by atoms with van der Waals surface area (Å²) in [5.74, 6) is 1.73. The molecule has 0 unspecified atom stereocenters. The van der Waals surface area contributed by atoms with Crippen molar-refractivity contribution in [2.75, 3.05) is 13.2 Å². The zero-order chi connectivity index (χ0) is 23.6. The molecule has 0 aliphatic carbocycles. The number of nitrogens with two attached hydrogens (primary N) is 1. The highest BCUT2D eigenvalue weighted by atomic mass is 16.7. The molecule has 5 rings (SSSR count). The van der Waals surface area contributed by atoms with E-state index in [2.05, 4.69) is 12.1 Å². The van der Waals surface area contributed by atoms with Gasteiger partial charge in [0.25, 0.3) is 0 Å². The third kappa shape index (κ3) is 5.07. The summed E-state index contributed by atoms with van der Waals surface area (Å²) in [6.07, 6.45) is 0. The maximum atomic E-state index is 6.61. The Balaban J connectivity index is 1.25. The molecule has 1 aliphatic heterocycles. The molecule has 1 fully saturated rings. The van der Waals surface area contributed by atoms with Crippen LogP contribution in [0.1, 0.15) is 25.0 Å². The van der Waals surface area contributed by atoms with E-state index in [1.54, 1.807) is 0 Å². The number of rotatable bonds is 6.